The SMILES string of the molecule is CC(C)CC(C)(Cc1ccccc1F)NC(=O)c1cnc2c(F)cccc2c1. The van der Waals surface area contributed by atoms with E-state index in [1.54, 1.807) is 36.4 Å². The molecular weight excluding hydrogens is 358 g/mol. The maximum absolute atomic E-state index is 14.2. The molecule has 0 aliphatic carbocycles. The van der Waals surface area contributed by atoms with E-state index in [1.165, 1.54) is 18.3 Å². The van der Waals surface area contributed by atoms with E-state index in [2.05, 4.69) is 24.1 Å². The third-order valence-corrected chi connectivity index (χ3v) is 4.74. The number of nitrogens with zero attached hydrogens (tertiary/aromatic N) is 1. The van der Waals surface area contributed by atoms with Crippen molar-refractivity contribution in [3.8, 4) is 0 Å². The van der Waals surface area contributed by atoms with Crippen LogP contribution in [0.3, 0.4) is 0 Å². The fourth-order valence-electron chi connectivity index (χ4n) is 3.72. The van der Waals surface area contributed by atoms with Gasteiger partial charge in [0.25, 0.3) is 5.91 Å². The van der Waals surface area contributed by atoms with Gasteiger partial charge >= 0.3 is 0 Å². The summed E-state index contributed by atoms with van der Waals surface area (Å²) in [4.78, 5) is 17.0. The molecule has 1 unspecified atom stereocenters. The normalized spacial score (nSPS) is 13.5. The quantitative estimate of drug-likeness (QED) is 0.629. The second-order valence-electron chi connectivity index (χ2n) is 7.92. The largest absolute Gasteiger partial charge is 0.346 e. The fourth-order valence-corrected chi connectivity index (χ4v) is 3.72. The first kappa shape index (κ1) is 19.9. The average Bonchev–Trinajstić information content (AvgIpc) is 2.62. The first-order valence-corrected chi connectivity index (χ1v) is 9.37. The minimum atomic E-state index is -0.635. The van der Waals surface area contributed by atoms with Gasteiger partial charge in [-0.05, 0) is 49.4 Å². The molecule has 1 aromatic heterocycles. The number of amides is 1. The van der Waals surface area contributed by atoms with Crippen LogP contribution in [0, 0.1) is 17.6 Å². The third kappa shape index (κ3) is 4.53. The Morgan fingerprint density at radius 3 is 2.54 bits per heavy atom. The highest BCUT2D eigenvalue weighted by Gasteiger charge is 2.29. The molecule has 3 aromatic rings. The Morgan fingerprint density at radius 2 is 1.82 bits per heavy atom. The second-order valence-corrected chi connectivity index (χ2v) is 7.92. The van der Waals surface area contributed by atoms with Gasteiger partial charge in [0.2, 0.25) is 0 Å². The lowest BCUT2D eigenvalue weighted by atomic mass is 9.84. The molecule has 3 rings (SSSR count). The van der Waals surface area contributed by atoms with Crippen LogP contribution in [0.25, 0.3) is 10.9 Å². The Bertz CT molecular complexity index is 1000. The van der Waals surface area contributed by atoms with Gasteiger partial charge in [-0.25, -0.2) is 8.78 Å². The van der Waals surface area contributed by atoms with E-state index < -0.39 is 11.4 Å². The predicted molar refractivity (Wildman–Crippen MR) is 107 cm³/mol. The summed E-state index contributed by atoms with van der Waals surface area (Å²) >= 11 is 0. The molecule has 5 heteroatoms. The molecule has 1 amide bonds. The van der Waals surface area contributed by atoms with Crippen LogP contribution >= 0.6 is 0 Å². The molecule has 2 aromatic carbocycles. The Kier molecular flexibility index (Phi) is 5.73. The maximum atomic E-state index is 14.2. The number of hydrogen-bond donors (Lipinski definition) is 1. The van der Waals surface area contributed by atoms with Crippen LogP contribution in [0.15, 0.2) is 54.7 Å². The van der Waals surface area contributed by atoms with Gasteiger partial charge in [0.05, 0.1) is 5.56 Å². The summed E-state index contributed by atoms with van der Waals surface area (Å²) in [6.07, 6.45) is 2.43. The van der Waals surface area contributed by atoms with Crippen LogP contribution < -0.4 is 5.32 Å². The predicted octanol–water partition coefficient (Wildman–Crippen LogP) is 5.29. The minimum Gasteiger partial charge on any atom is -0.346 e. The van der Waals surface area contributed by atoms with Crippen molar-refractivity contribution in [1.29, 1.82) is 0 Å². The van der Waals surface area contributed by atoms with Gasteiger partial charge < -0.3 is 5.32 Å². The molecule has 1 N–H and O–H groups in total. The van der Waals surface area contributed by atoms with E-state index in [0.29, 0.717) is 35.3 Å². The number of carbonyl (C=O) groups excluding carboxylic acids is 1. The lowest BCUT2D eigenvalue weighted by Crippen LogP contribution is -2.48. The van der Waals surface area contributed by atoms with Gasteiger partial charge in [-0.15, -0.1) is 0 Å². The molecule has 146 valence electrons. The highest BCUT2D eigenvalue weighted by molar-refractivity contribution is 5.97. The number of aromatic nitrogens is 1. The zero-order chi connectivity index (χ0) is 20.3. The molecule has 3 nitrogen and oxygen atoms in total. The third-order valence-electron chi connectivity index (χ3n) is 4.74. The van der Waals surface area contributed by atoms with Crippen LogP contribution in [-0.4, -0.2) is 16.4 Å². The number of fused-ring (bicyclic) bond motifs is 1. The number of para-hydroxylation sites is 1. The number of hydrogen-bond acceptors (Lipinski definition) is 2. The van der Waals surface area contributed by atoms with Crippen molar-refractivity contribution >= 4 is 16.8 Å². The summed E-state index contributed by atoms with van der Waals surface area (Å²) in [6.45, 7) is 6.05. The van der Waals surface area contributed by atoms with Crippen molar-refractivity contribution in [3.63, 3.8) is 0 Å². The standard InChI is InChI=1S/C23H24F2N2O/c1-15(2)12-23(3,13-17-7-4-5-9-19(17)24)27-22(28)18-11-16-8-6-10-20(25)21(16)26-14-18/h4-11,14-15H,12-13H2,1-3H3,(H,27,28). The van der Waals surface area contributed by atoms with Crippen LogP contribution in [0.2, 0.25) is 0 Å². The van der Waals surface area contributed by atoms with Crippen molar-refractivity contribution in [2.45, 2.75) is 39.2 Å². The van der Waals surface area contributed by atoms with Gasteiger partial charge in [0.15, 0.2) is 0 Å². The minimum absolute atomic E-state index is 0.232. The van der Waals surface area contributed by atoms with E-state index in [4.69, 9.17) is 0 Å². The number of rotatable bonds is 6. The molecule has 28 heavy (non-hydrogen) atoms. The Hall–Kier alpha value is -2.82. The first-order chi connectivity index (χ1) is 13.3. The first-order valence-electron chi connectivity index (χ1n) is 9.37. The van der Waals surface area contributed by atoms with E-state index in [9.17, 15) is 13.6 Å². The van der Waals surface area contributed by atoms with Gasteiger partial charge in [-0.2, -0.15) is 0 Å². The maximum Gasteiger partial charge on any atom is 0.253 e. The van der Waals surface area contributed by atoms with E-state index >= 15 is 0 Å². The number of halogens is 2. The molecule has 0 fully saturated rings. The number of nitrogens with one attached hydrogen (secondary N) is 1. The Labute approximate surface area is 163 Å². The molecule has 0 aliphatic heterocycles. The fraction of sp³-hybridized carbons (Fsp3) is 0.304. The highest BCUT2D eigenvalue weighted by Crippen LogP contribution is 2.24. The molecule has 0 radical (unpaired) electrons. The van der Waals surface area contributed by atoms with Crippen molar-refractivity contribution in [2.24, 2.45) is 5.92 Å². The second kappa shape index (κ2) is 8.05. The van der Waals surface area contributed by atoms with E-state index in [1.807, 2.05) is 6.92 Å². The summed E-state index contributed by atoms with van der Waals surface area (Å²) < 4.78 is 28.0. The molecule has 0 aliphatic rings. The van der Waals surface area contributed by atoms with E-state index in [0.717, 1.165) is 0 Å². The average molecular weight is 382 g/mol. The molecule has 1 heterocycles. The summed E-state index contributed by atoms with van der Waals surface area (Å²) in [5.74, 6) is -0.706. The zero-order valence-corrected chi connectivity index (χ0v) is 16.3. The molecule has 0 saturated heterocycles. The van der Waals surface area contributed by atoms with Crippen LogP contribution in [0.1, 0.15) is 43.1 Å². The molecule has 0 bridgehead atoms. The smallest absolute Gasteiger partial charge is 0.253 e. The van der Waals surface area contributed by atoms with Crippen LogP contribution in [0.4, 0.5) is 8.78 Å². The van der Waals surface area contributed by atoms with Gasteiger partial charge in [-0.3, -0.25) is 9.78 Å². The van der Waals surface area contributed by atoms with Crippen molar-refractivity contribution < 1.29 is 13.6 Å². The summed E-state index contributed by atoms with van der Waals surface area (Å²) in [5.41, 5.74) is 0.506. The van der Waals surface area contributed by atoms with Crippen molar-refractivity contribution in [3.05, 3.63) is 77.5 Å². The lowest BCUT2D eigenvalue weighted by Gasteiger charge is -2.33. The number of benzene rings is 2. The van der Waals surface area contributed by atoms with Gasteiger partial charge in [-0.1, -0.05) is 44.2 Å². The van der Waals surface area contributed by atoms with Crippen LogP contribution in [-0.2, 0) is 6.42 Å². The summed E-state index contributed by atoms with van der Waals surface area (Å²) in [6, 6.07) is 12.9. The molecule has 1 atom stereocenters. The zero-order valence-electron chi connectivity index (χ0n) is 16.3. The monoisotopic (exact) mass is 382 g/mol. The van der Waals surface area contributed by atoms with Gasteiger partial charge in [0.1, 0.15) is 17.2 Å². The number of carbonyl (C=O) groups is 1. The molecular formula is C23H24F2N2O. The summed E-state index contributed by atoms with van der Waals surface area (Å²) in [7, 11) is 0. The van der Waals surface area contributed by atoms with Crippen molar-refractivity contribution in [2.75, 3.05) is 0 Å². The molecule has 0 saturated carbocycles. The highest BCUT2D eigenvalue weighted by atomic mass is 19.1. The van der Waals surface area contributed by atoms with Crippen LogP contribution in [0.5, 0.6) is 0 Å². The van der Waals surface area contributed by atoms with Crippen molar-refractivity contribution in [1.82, 2.24) is 10.3 Å². The Balaban J connectivity index is 1.88. The summed E-state index contributed by atoms with van der Waals surface area (Å²) in [5, 5.41) is 3.62. The van der Waals surface area contributed by atoms with Gasteiger partial charge in [0, 0.05) is 17.1 Å². The topological polar surface area (TPSA) is 42.0 Å². The Morgan fingerprint density at radius 1 is 1.11 bits per heavy atom. The lowest BCUT2D eigenvalue weighted by molar-refractivity contribution is 0.0893. The number of pyridine rings is 1. The molecule has 0 spiro atoms. The van der Waals surface area contributed by atoms with E-state index in [-0.39, 0.29) is 17.2 Å².